The number of nitrogens with one attached hydrogen (secondary N) is 1. The Morgan fingerprint density at radius 1 is 1.04 bits per heavy atom. The Balaban J connectivity index is 1.35. The first-order chi connectivity index (χ1) is 11.3. The minimum Gasteiger partial charge on any atom is -0.356 e. The number of rotatable bonds is 7. The normalized spacial score (nSPS) is 15.8. The lowest BCUT2D eigenvalue weighted by Crippen LogP contribution is -2.33. The van der Waals surface area contributed by atoms with E-state index in [-0.39, 0.29) is 5.91 Å². The van der Waals surface area contributed by atoms with Crippen LogP contribution in [0.25, 0.3) is 10.9 Å². The summed E-state index contributed by atoms with van der Waals surface area (Å²) in [5.74, 6) is 0.154. The van der Waals surface area contributed by atoms with E-state index in [0.29, 0.717) is 6.42 Å². The molecule has 1 aliphatic rings. The fourth-order valence-corrected chi connectivity index (χ4v) is 3.36. The molecule has 23 heavy (non-hydrogen) atoms. The van der Waals surface area contributed by atoms with Crippen molar-refractivity contribution in [3.63, 3.8) is 0 Å². The lowest BCUT2D eigenvalue weighted by atomic mass is 10.1. The van der Waals surface area contributed by atoms with Crippen molar-refractivity contribution in [1.82, 2.24) is 14.8 Å². The molecule has 0 bridgehead atoms. The van der Waals surface area contributed by atoms with Gasteiger partial charge in [0, 0.05) is 31.2 Å². The molecule has 1 aromatic heterocycles. The lowest BCUT2D eigenvalue weighted by Gasteiger charge is -2.26. The third kappa shape index (κ3) is 4.58. The minimum absolute atomic E-state index is 0.154. The SMILES string of the molecule is O=C(CCn1ccc2ccccc21)NCCCN1CCCCC1. The fraction of sp³-hybridized carbons (Fsp3) is 0.526. The second-order valence-electron chi connectivity index (χ2n) is 6.42. The molecule has 1 N–H and O–H groups in total. The molecule has 0 unspecified atom stereocenters. The van der Waals surface area contributed by atoms with Crippen LogP contribution in [-0.2, 0) is 11.3 Å². The third-order valence-corrected chi connectivity index (χ3v) is 4.68. The highest BCUT2D eigenvalue weighted by molar-refractivity contribution is 5.80. The monoisotopic (exact) mass is 313 g/mol. The number of aromatic nitrogens is 1. The number of para-hydroxylation sites is 1. The van der Waals surface area contributed by atoms with Gasteiger partial charge in [-0.15, -0.1) is 0 Å². The quantitative estimate of drug-likeness (QED) is 0.798. The van der Waals surface area contributed by atoms with E-state index in [1.807, 2.05) is 12.1 Å². The Kier molecular flexibility index (Phi) is 5.70. The fourth-order valence-electron chi connectivity index (χ4n) is 3.36. The van der Waals surface area contributed by atoms with Gasteiger partial charge in [0.1, 0.15) is 0 Å². The van der Waals surface area contributed by atoms with E-state index in [1.165, 1.54) is 43.3 Å². The number of hydrogen-bond acceptors (Lipinski definition) is 2. The second kappa shape index (κ2) is 8.16. The van der Waals surface area contributed by atoms with Gasteiger partial charge in [0.05, 0.1) is 0 Å². The Morgan fingerprint density at radius 3 is 2.74 bits per heavy atom. The van der Waals surface area contributed by atoms with Crippen LogP contribution in [0.3, 0.4) is 0 Å². The molecular formula is C19H27N3O. The Bertz CT molecular complexity index is 628. The molecule has 0 radical (unpaired) electrons. The zero-order valence-electron chi connectivity index (χ0n) is 13.8. The molecule has 1 saturated heterocycles. The number of likely N-dealkylation sites (tertiary alicyclic amines) is 1. The van der Waals surface area contributed by atoms with Gasteiger partial charge in [-0.2, -0.15) is 0 Å². The molecule has 1 fully saturated rings. The number of carbonyl (C=O) groups is 1. The summed E-state index contributed by atoms with van der Waals surface area (Å²) in [7, 11) is 0. The minimum atomic E-state index is 0.154. The highest BCUT2D eigenvalue weighted by Gasteiger charge is 2.09. The van der Waals surface area contributed by atoms with Crippen LogP contribution >= 0.6 is 0 Å². The van der Waals surface area contributed by atoms with Crippen LogP contribution in [0.1, 0.15) is 32.1 Å². The van der Waals surface area contributed by atoms with Crippen LogP contribution in [0.5, 0.6) is 0 Å². The molecule has 0 spiro atoms. The molecule has 2 heterocycles. The van der Waals surface area contributed by atoms with Crippen LogP contribution in [0, 0.1) is 0 Å². The average Bonchev–Trinajstić information content (AvgIpc) is 3.01. The summed E-state index contributed by atoms with van der Waals surface area (Å²) in [6.07, 6.45) is 7.70. The number of aryl methyl sites for hydroxylation is 1. The maximum atomic E-state index is 12.0. The van der Waals surface area contributed by atoms with Gasteiger partial charge in [0.2, 0.25) is 5.91 Å². The first kappa shape index (κ1) is 16.1. The second-order valence-corrected chi connectivity index (χ2v) is 6.42. The van der Waals surface area contributed by atoms with E-state index in [1.54, 1.807) is 0 Å². The van der Waals surface area contributed by atoms with Gasteiger partial charge in [-0.3, -0.25) is 4.79 Å². The van der Waals surface area contributed by atoms with Crippen molar-refractivity contribution in [3.05, 3.63) is 36.5 Å². The summed E-state index contributed by atoms with van der Waals surface area (Å²) >= 11 is 0. The largest absolute Gasteiger partial charge is 0.356 e. The van der Waals surface area contributed by atoms with Gasteiger partial charge >= 0.3 is 0 Å². The van der Waals surface area contributed by atoms with Gasteiger partial charge in [0.15, 0.2) is 0 Å². The van der Waals surface area contributed by atoms with Crippen LogP contribution < -0.4 is 5.32 Å². The molecule has 1 aliphatic heterocycles. The molecule has 4 heteroatoms. The van der Waals surface area contributed by atoms with Gasteiger partial charge in [0.25, 0.3) is 0 Å². The van der Waals surface area contributed by atoms with Crippen molar-refractivity contribution in [2.45, 2.75) is 38.6 Å². The molecule has 3 rings (SSSR count). The summed E-state index contributed by atoms with van der Waals surface area (Å²) in [5, 5.41) is 4.28. The van der Waals surface area contributed by atoms with E-state index in [0.717, 1.165) is 26.1 Å². The van der Waals surface area contributed by atoms with Gasteiger partial charge in [-0.1, -0.05) is 24.6 Å². The zero-order valence-corrected chi connectivity index (χ0v) is 13.8. The van der Waals surface area contributed by atoms with Gasteiger partial charge in [-0.05, 0) is 56.4 Å². The van der Waals surface area contributed by atoms with E-state index in [2.05, 4.69) is 39.2 Å². The summed E-state index contributed by atoms with van der Waals surface area (Å²) in [4.78, 5) is 14.5. The number of fused-ring (bicyclic) bond motifs is 1. The van der Waals surface area contributed by atoms with Crippen LogP contribution in [0.15, 0.2) is 36.5 Å². The predicted octanol–water partition coefficient (Wildman–Crippen LogP) is 3.02. The molecule has 0 aliphatic carbocycles. The average molecular weight is 313 g/mol. The first-order valence-electron chi connectivity index (χ1n) is 8.86. The van der Waals surface area contributed by atoms with Gasteiger partial charge < -0.3 is 14.8 Å². The number of piperidine rings is 1. The van der Waals surface area contributed by atoms with E-state index >= 15 is 0 Å². The van der Waals surface area contributed by atoms with Crippen molar-refractivity contribution in [2.24, 2.45) is 0 Å². The number of amides is 1. The molecule has 0 saturated carbocycles. The van der Waals surface area contributed by atoms with Crippen LogP contribution in [0.2, 0.25) is 0 Å². The van der Waals surface area contributed by atoms with Crippen LogP contribution in [-0.4, -0.2) is 41.6 Å². The highest BCUT2D eigenvalue weighted by atomic mass is 16.1. The molecule has 4 nitrogen and oxygen atoms in total. The summed E-state index contributed by atoms with van der Waals surface area (Å²) in [6, 6.07) is 10.4. The highest BCUT2D eigenvalue weighted by Crippen LogP contribution is 2.15. The molecule has 1 amide bonds. The van der Waals surface area contributed by atoms with E-state index < -0.39 is 0 Å². The molecular weight excluding hydrogens is 286 g/mol. The predicted molar refractivity (Wildman–Crippen MR) is 94.5 cm³/mol. The molecule has 124 valence electrons. The molecule has 1 aromatic carbocycles. The lowest BCUT2D eigenvalue weighted by molar-refractivity contribution is -0.121. The van der Waals surface area contributed by atoms with E-state index in [9.17, 15) is 4.79 Å². The summed E-state index contributed by atoms with van der Waals surface area (Å²) in [6.45, 7) is 5.11. The smallest absolute Gasteiger partial charge is 0.221 e. The first-order valence-corrected chi connectivity index (χ1v) is 8.86. The Hall–Kier alpha value is -1.81. The maximum Gasteiger partial charge on any atom is 0.221 e. The topological polar surface area (TPSA) is 37.3 Å². The zero-order chi connectivity index (χ0) is 15.9. The number of benzene rings is 1. The summed E-state index contributed by atoms with van der Waals surface area (Å²) < 4.78 is 2.16. The van der Waals surface area contributed by atoms with Crippen LogP contribution in [0.4, 0.5) is 0 Å². The van der Waals surface area contributed by atoms with Crippen molar-refractivity contribution < 1.29 is 4.79 Å². The number of carbonyl (C=O) groups excluding carboxylic acids is 1. The standard InChI is InChI=1S/C19H27N3O/c23-19(20-11-6-14-21-12-4-1-5-13-21)10-16-22-15-9-17-7-2-3-8-18(17)22/h2-3,7-9,15H,1,4-6,10-14,16H2,(H,20,23). The molecule has 2 aromatic rings. The van der Waals surface area contributed by atoms with Gasteiger partial charge in [-0.25, -0.2) is 0 Å². The summed E-state index contributed by atoms with van der Waals surface area (Å²) in [5.41, 5.74) is 1.20. The van der Waals surface area contributed by atoms with Crippen molar-refractivity contribution in [3.8, 4) is 0 Å². The number of hydrogen-bond donors (Lipinski definition) is 1. The third-order valence-electron chi connectivity index (χ3n) is 4.68. The Morgan fingerprint density at radius 2 is 1.87 bits per heavy atom. The van der Waals surface area contributed by atoms with E-state index in [4.69, 9.17) is 0 Å². The van der Waals surface area contributed by atoms with Crippen molar-refractivity contribution in [2.75, 3.05) is 26.2 Å². The molecule has 0 atom stereocenters. The van der Waals surface area contributed by atoms with Crippen molar-refractivity contribution >= 4 is 16.8 Å². The number of nitrogens with zero attached hydrogens (tertiary/aromatic N) is 2. The maximum absolute atomic E-state index is 12.0. The van der Waals surface area contributed by atoms with Crippen molar-refractivity contribution in [1.29, 1.82) is 0 Å². The Labute approximate surface area is 138 Å².